The summed E-state index contributed by atoms with van der Waals surface area (Å²) in [6.07, 6.45) is -0.139. The van der Waals surface area contributed by atoms with Crippen molar-refractivity contribution in [2.24, 2.45) is 0 Å². The van der Waals surface area contributed by atoms with Crippen LogP contribution in [0, 0.1) is 11.8 Å². The second-order valence-electron chi connectivity index (χ2n) is 7.34. The van der Waals surface area contributed by atoms with Crippen molar-refractivity contribution in [2.75, 3.05) is 13.2 Å². The van der Waals surface area contributed by atoms with Gasteiger partial charge in [-0.05, 0) is 40.5 Å². The van der Waals surface area contributed by atoms with Gasteiger partial charge in [0.1, 0.15) is 17.9 Å². The lowest BCUT2D eigenvalue weighted by Crippen LogP contribution is -2.26. The molecule has 1 aliphatic rings. The maximum absolute atomic E-state index is 12.1. The Morgan fingerprint density at radius 1 is 0.969 bits per heavy atom. The molecule has 4 rings (SSSR count). The van der Waals surface area contributed by atoms with Crippen LogP contribution in [0.25, 0.3) is 11.1 Å². The van der Waals surface area contributed by atoms with E-state index in [1.54, 1.807) is 0 Å². The number of carboxylic acid groups (broad SMARTS) is 1. The summed E-state index contributed by atoms with van der Waals surface area (Å²) in [5, 5.41) is 21.2. The summed E-state index contributed by atoms with van der Waals surface area (Å²) in [4.78, 5) is 23.2. The predicted molar refractivity (Wildman–Crippen MR) is 120 cm³/mol. The van der Waals surface area contributed by atoms with Crippen molar-refractivity contribution >= 4 is 12.1 Å². The highest BCUT2D eigenvalue weighted by atomic mass is 16.5. The van der Waals surface area contributed by atoms with Gasteiger partial charge in [0.15, 0.2) is 0 Å². The van der Waals surface area contributed by atoms with Crippen molar-refractivity contribution in [1.82, 2.24) is 5.32 Å². The quantitative estimate of drug-likeness (QED) is 0.415. The average Bonchev–Trinajstić information content (AvgIpc) is 3.12. The number of hydrogen-bond acceptors (Lipinski definition) is 4. The first-order valence-corrected chi connectivity index (χ1v) is 10.2. The third kappa shape index (κ3) is 4.42. The van der Waals surface area contributed by atoms with Crippen LogP contribution in [0.15, 0.2) is 66.7 Å². The minimum atomic E-state index is -1.22. The first kappa shape index (κ1) is 21.0. The molecular formula is C26H21NO5. The van der Waals surface area contributed by atoms with Crippen LogP contribution in [0.5, 0.6) is 5.75 Å². The lowest BCUT2D eigenvalue weighted by molar-refractivity contribution is 0.0693. The van der Waals surface area contributed by atoms with E-state index < -0.39 is 12.1 Å². The Balaban J connectivity index is 1.29. The van der Waals surface area contributed by atoms with Crippen molar-refractivity contribution in [1.29, 1.82) is 0 Å². The van der Waals surface area contributed by atoms with Crippen molar-refractivity contribution in [2.45, 2.75) is 12.3 Å². The van der Waals surface area contributed by atoms with Gasteiger partial charge >= 0.3 is 12.1 Å². The Kier molecular flexibility index (Phi) is 6.09. The Hall–Kier alpha value is -4.24. The Morgan fingerprint density at radius 3 is 2.28 bits per heavy atom. The largest absolute Gasteiger partial charge is 0.507 e. The molecule has 0 spiro atoms. The normalized spacial score (nSPS) is 11.6. The molecule has 1 aliphatic carbocycles. The predicted octanol–water partition coefficient (Wildman–Crippen LogP) is 4.37. The third-order valence-corrected chi connectivity index (χ3v) is 5.32. The Bertz CT molecular complexity index is 1190. The molecule has 6 heteroatoms. The Morgan fingerprint density at radius 2 is 1.62 bits per heavy atom. The number of alkyl carbamates (subject to hydrolysis) is 1. The molecule has 3 aromatic carbocycles. The van der Waals surface area contributed by atoms with E-state index in [0.29, 0.717) is 18.5 Å². The molecule has 6 nitrogen and oxygen atoms in total. The van der Waals surface area contributed by atoms with Crippen molar-refractivity contribution in [3.8, 4) is 28.7 Å². The molecule has 1 amide bonds. The average molecular weight is 427 g/mol. The Labute approximate surface area is 185 Å². The van der Waals surface area contributed by atoms with Gasteiger partial charge in [0.2, 0.25) is 0 Å². The number of aromatic carboxylic acids is 1. The number of hydrogen-bond donors (Lipinski definition) is 3. The highest BCUT2D eigenvalue weighted by Crippen LogP contribution is 2.44. The second-order valence-corrected chi connectivity index (χ2v) is 7.34. The van der Waals surface area contributed by atoms with E-state index in [9.17, 15) is 14.7 Å². The number of rotatable bonds is 5. The molecule has 0 saturated carbocycles. The van der Waals surface area contributed by atoms with Gasteiger partial charge in [-0.3, -0.25) is 0 Å². The molecule has 0 bridgehead atoms. The van der Waals surface area contributed by atoms with Gasteiger partial charge in [0, 0.05) is 24.4 Å². The van der Waals surface area contributed by atoms with Gasteiger partial charge in [-0.2, -0.15) is 0 Å². The van der Waals surface area contributed by atoms with E-state index >= 15 is 0 Å². The monoisotopic (exact) mass is 427 g/mol. The van der Waals surface area contributed by atoms with Crippen molar-refractivity contribution in [3.63, 3.8) is 0 Å². The number of aromatic hydroxyl groups is 1. The smallest absolute Gasteiger partial charge is 0.407 e. The summed E-state index contributed by atoms with van der Waals surface area (Å²) in [5.41, 5.74) is 4.93. The van der Waals surface area contributed by atoms with Crippen LogP contribution < -0.4 is 5.32 Å². The molecule has 0 aromatic heterocycles. The topological polar surface area (TPSA) is 95.9 Å². The molecule has 0 heterocycles. The van der Waals surface area contributed by atoms with Crippen molar-refractivity contribution < 1.29 is 24.5 Å². The molecule has 160 valence electrons. The van der Waals surface area contributed by atoms with Crippen LogP contribution in [-0.4, -0.2) is 35.4 Å². The fraction of sp³-hybridized carbons (Fsp3) is 0.154. The number of ether oxygens (including phenoxy) is 1. The first-order chi connectivity index (χ1) is 15.5. The van der Waals surface area contributed by atoms with Gasteiger partial charge in [0.25, 0.3) is 0 Å². The summed E-state index contributed by atoms with van der Waals surface area (Å²) >= 11 is 0. The SMILES string of the molecule is O=C(NCCC#Cc1ccc(O)c(C(=O)O)c1)OCC1c2ccccc2-c2ccccc21. The zero-order valence-electron chi connectivity index (χ0n) is 17.2. The van der Waals surface area contributed by atoms with Gasteiger partial charge in [-0.25, -0.2) is 9.59 Å². The fourth-order valence-corrected chi connectivity index (χ4v) is 3.83. The van der Waals surface area contributed by atoms with Crippen LogP contribution in [0.4, 0.5) is 4.79 Å². The maximum atomic E-state index is 12.1. The van der Waals surface area contributed by atoms with Gasteiger partial charge in [-0.1, -0.05) is 60.4 Å². The van der Waals surface area contributed by atoms with Crippen molar-refractivity contribution in [3.05, 3.63) is 89.0 Å². The van der Waals surface area contributed by atoms with E-state index in [2.05, 4.69) is 41.4 Å². The third-order valence-electron chi connectivity index (χ3n) is 5.32. The molecule has 0 atom stereocenters. The van der Waals surface area contributed by atoms with Crippen LogP contribution >= 0.6 is 0 Å². The number of carboxylic acids is 1. The summed E-state index contributed by atoms with van der Waals surface area (Å²) in [6.45, 7) is 0.546. The van der Waals surface area contributed by atoms with E-state index in [-0.39, 0.29) is 23.8 Å². The lowest BCUT2D eigenvalue weighted by Gasteiger charge is -2.14. The minimum absolute atomic E-state index is 0.00543. The van der Waals surface area contributed by atoms with Crippen LogP contribution in [0.3, 0.4) is 0 Å². The second kappa shape index (κ2) is 9.27. The van der Waals surface area contributed by atoms with E-state index in [1.807, 2.05) is 24.3 Å². The van der Waals surface area contributed by atoms with E-state index in [4.69, 9.17) is 9.84 Å². The summed E-state index contributed by atoms with van der Waals surface area (Å²) in [7, 11) is 0. The van der Waals surface area contributed by atoms with Gasteiger partial charge in [-0.15, -0.1) is 0 Å². The number of amides is 1. The van der Waals surface area contributed by atoms with Crippen LogP contribution in [-0.2, 0) is 4.74 Å². The van der Waals surface area contributed by atoms with Crippen LogP contribution in [0.2, 0.25) is 0 Å². The first-order valence-electron chi connectivity index (χ1n) is 10.2. The van der Waals surface area contributed by atoms with Gasteiger partial charge < -0.3 is 20.3 Å². The maximum Gasteiger partial charge on any atom is 0.407 e. The molecule has 0 fully saturated rings. The van der Waals surface area contributed by atoms with Gasteiger partial charge in [0.05, 0.1) is 0 Å². The molecule has 3 N–H and O–H groups in total. The zero-order chi connectivity index (χ0) is 22.5. The minimum Gasteiger partial charge on any atom is -0.507 e. The number of benzene rings is 3. The molecule has 32 heavy (non-hydrogen) atoms. The van der Waals surface area contributed by atoms with E-state index in [0.717, 1.165) is 11.1 Å². The summed E-state index contributed by atoms with van der Waals surface area (Å²) in [6, 6.07) is 20.4. The highest BCUT2D eigenvalue weighted by Gasteiger charge is 2.28. The summed E-state index contributed by atoms with van der Waals surface area (Å²) in [5.74, 6) is 4.17. The lowest BCUT2D eigenvalue weighted by atomic mass is 9.98. The highest BCUT2D eigenvalue weighted by molar-refractivity contribution is 5.91. The molecule has 0 unspecified atom stereocenters. The number of fused-ring (bicyclic) bond motifs is 3. The summed E-state index contributed by atoms with van der Waals surface area (Å²) < 4.78 is 5.47. The van der Waals surface area contributed by atoms with Crippen LogP contribution in [0.1, 0.15) is 39.4 Å². The number of phenols is 1. The number of carbonyl (C=O) groups excluding carboxylic acids is 1. The molecule has 0 radical (unpaired) electrons. The number of carbonyl (C=O) groups is 2. The molecular weight excluding hydrogens is 406 g/mol. The molecule has 3 aromatic rings. The molecule has 0 aliphatic heterocycles. The van der Waals surface area contributed by atoms with E-state index in [1.165, 1.54) is 29.3 Å². The number of nitrogens with one attached hydrogen (secondary N) is 1. The fourth-order valence-electron chi connectivity index (χ4n) is 3.83. The zero-order valence-corrected chi connectivity index (χ0v) is 17.2. The molecule has 0 saturated heterocycles. The standard InChI is InChI=1S/C26H21NO5/c28-24-13-12-17(15-22(24)25(29)30)7-5-6-14-27-26(31)32-16-23-20-10-3-1-8-18(20)19-9-2-4-11-21(19)23/h1-4,8-13,15,23,28H,6,14,16H2,(H,27,31)(H,29,30).